The molecule has 4 nitrogen and oxygen atoms in total. The second-order valence-electron chi connectivity index (χ2n) is 7.02. The standard InChI is InChI=1S/C22H20F2N2O2/c23-18-10-5-14(13-19(18)24)22(27)26-15-6-8-16(9-7-15)28-21-11-12-25-20-4-2-1-3-17(20)21/h1-5,10-13,15-16H,6-9H2,(H,26,27). The van der Waals surface area contributed by atoms with E-state index < -0.39 is 11.6 Å². The minimum absolute atomic E-state index is 0.00496. The number of pyridine rings is 1. The zero-order valence-corrected chi connectivity index (χ0v) is 15.2. The number of nitrogens with one attached hydrogen (secondary N) is 1. The number of rotatable bonds is 4. The van der Waals surface area contributed by atoms with Crippen LogP contribution in [0.5, 0.6) is 5.75 Å². The molecule has 28 heavy (non-hydrogen) atoms. The molecule has 1 amide bonds. The molecule has 1 fully saturated rings. The normalized spacial score (nSPS) is 19.4. The zero-order valence-electron chi connectivity index (χ0n) is 15.2. The fourth-order valence-corrected chi connectivity index (χ4v) is 3.58. The Hall–Kier alpha value is -3.02. The Bertz CT molecular complexity index is 995. The van der Waals surface area contributed by atoms with Gasteiger partial charge in [-0.05, 0) is 62.1 Å². The number of halogens is 2. The van der Waals surface area contributed by atoms with Gasteiger partial charge < -0.3 is 10.1 Å². The third kappa shape index (κ3) is 3.96. The largest absolute Gasteiger partial charge is 0.490 e. The van der Waals surface area contributed by atoms with Crippen LogP contribution in [0.4, 0.5) is 8.78 Å². The summed E-state index contributed by atoms with van der Waals surface area (Å²) in [5.41, 5.74) is 1.02. The monoisotopic (exact) mass is 382 g/mol. The molecule has 1 aromatic heterocycles. The van der Waals surface area contributed by atoms with Crippen LogP contribution in [0, 0.1) is 11.6 Å². The highest BCUT2D eigenvalue weighted by atomic mass is 19.2. The molecule has 6 heteroatoms. The average Bonchev–Trinajstić information content (AvgIpc) is 2.72. The predicted molar refractivity (Wildman–Crippen MR) is 102 cm³/mol. The van der Waals surface area contributed by atoms with Crippen molar-refractivity contribution >= 4 is 16.8 Å². The summed E-state index contributed by atoms with van der Waals surface area (Å²) in [6, 6.07) is 12.9. The van der Waals surface area contributed by atoms with Crippen molar-refractivity contribution in [1.29, 1.82) is 0 Å². The Labute approximate surface area is 161 Å². The van der Waals surface area contributed by atoms with Gasteiger partial charge in [0.2, 0.25) is 0 Å². The maximum Gasteiger partial charge on any atom is 0.251 e. The molecule has 2 aromatic carbocycles. The van der Waals surface area contributed by atoms with Crippen LogP contribution >= 0.6 is 0 Å². The van der Waals surface area contributed by atoms with Crippen molar-refractivity contribution in [2.75, 3.05) is 0 Å². The van der Waals surface area contributed by atoms with Gasteiger partial charge in [-0.15, -0.1) is 0 Å². The van der Waals surface area contributed by atoms with Crippen LogP contribution in [0.15, 0.2) is 54.7 Å². The first-order valence-electron chi connectivity index (χ1n) is 9.36. The Morgan fingerprint density at radius 2 is 1.79 bits per heavy atom. The molecule has 1 saturated carbocycles. The first-order chi connectivity index (χ1) is 13.6. The highest BCUT2D eigenvalue weighted by Crippen LogP contribution is 2.28. The second kappa shape index (κ2) is 7.92. The molecule has 0 spiro atoms. The molecule has 0 radical (unpaired) electrons. The van der Waals surface area contributed by atoms with Crippen LogP contribution in [0.1, 0.15) is 36.0 Å². The zero-order chi connectivity index (χ0) is 19.5. The van der Waals surface area contributed by atoms with Gasteiger partial charge in [-0.2, -0.15) is 0 Å². The average molecular weight is 382 g/mol. The quantitative estimate of drug-likeness (QED) is 0.716. The Kier molecular flexibility index (Phi) is 5.19. The summed E-state index contributed by atoms with van der Waals surface area (Å²) in [7, 11) is 0. The van der Waals surface area contributed by atoms with E-state index in [2.05, 4.69) is 10.3 Å². The van der Waals surface area contributed by atoms with Crippen LogP contribution in [-0.2, 0) is 0 Å². The molecular weight excluding hydrogens is 362 g/mol. The molecule has 1 N–H and O–H groups in total. The number of ether oxygens (including phenoxy) is 1. The first kappa shape index (κ1) is 18.3. The van der Waals surface area contributed by atoms with Crippen LogP contribution < -0.4 is 10.1 Å². The fraction of sp³-hybridized carbons (Fsp3) is 0.273. The summed E-state index contributed by atoms with van der Waals surface area (Å²) in [5, 5.41) is 3.89. The van der Waals surface area contributed by atoms with Gasteiger partial charge in [-0.1, -0.05) is 12.1 Å². The highest BCUT2D eigenvalue weighted by molar-refractivity contribution is 5.94. The van der Waals surface area contributed by atoms with Crippen molar-refractivity contribution in [2.24, 2.45) is 0 Å². The topological polar surface area (TPSA) is 51.2 Å². The lowest BCUT2D eigenvalue weighted by molar-refractivity contribution is 0.0894. The Morgan fingerprint density at radius 1 is 1.00 bits per heavy atom. The van der Waals surface area contributed by atoms with Gasteiger partial charge in [0, 0.05) is 23.2 Å². The molecule has 0 unspecified atom stereocenters. The smallest absolute Gasteiger partial charge is 0.251 e. The maximum absolute atomic E-state index is 13.3. The van der Waals surface area contributed by atoms with E-state index in [4.69, 9.17) is 4.74 Å². The number of aromatic nitrogens is 1. The molecule has 4 rings (SSSR count). The number of benzene rings is 2. The van der Waals surface area contributed by atoms with Crippen LogP contribution in [0.2, 0.25) is 0 Å². The SMILES string of the molecule is O=C(NC1CCC(Oc2ccnc3ccccc23)CC1)c1ccc(F)c(F)c1. The van der Waals surface area contributed by atoms with E-state index in [0.717, 1.165) is 54.5 Å². The van der Waals surface area contributed by atoms with Crippen LogP contribution in [0.25, 0.3) is 10.9 Å². The van der Waals surface area contributed by atoms with Crippen LogP contribution in [-0.4, -0.2) is 23.0 Å². The van der Waals surface area contributed by atoms with E-state index in [1.165, 1.54) is 6.07 Å². The number of amides is 1. The van der Waals surface area contributed by atoms with Crippen molar-refractivity contribution in [3.05, 3.63) is 71.9 Å². The molecule has 0 aliphatic heterocycles. The van der Waals surface area contributed by atoms with Crippen molar-refractivity contribution in [3.8, 4) is 5.75 Å². The van der Waals surface area contributed by atoms with Crippen molar-refractivity contribution in [2.45, 2.75) is 37.8 Å². The van der Waals surface area contributed by atoms with Gasteiger partial charge in [-0.3, -0.25) is 9.78 Å². The van der Waals surface area contributed by atoms with E-state index in [1.807, 2.05) is 30.3 Å². The first-order valence-corrected chi connectivity index (χ1v) is 9.36. The molecule has 3 aromatic rings. The van der Waals surface area contributed by atoms with Gasteiger partial charge >= 0.3 is 0 Å². The van der Waals surface area contributed by atoms with Gasteiger partial charge in [-0.25, -0.2) is 8.78 Å². The minimum Gasteiger partial charge on any atom is -0.490 e. The van der Waals surface area contributed by atoms with E-state index in [1.54, 1.807) is 6.20 Å². The summed E-state index contributed by atoms with van der Waals surface area (Å²) in [6.45, 7) is 0. The van der Waals surface area contributed by atoms with Crippen molar-refractivity contribution in [3.63, 3.8) is 0 Å². The summed E-state index contributed by atoms with van der Waals surface area (Å²) < 4.78 is 32.5. The van der Waals surface area contributed by atoms with E-state index in [-0.39, 0.29) is 23.6 Å². The summed E-state index contributed by atoms with van der Waals surface area (Å²) >= 11 is 0. The lowest BCUT2D eigenvalue weighted by Gasteiger charge is -2.29. The molecule has 0 atom stereocenters. The molecule has 144 valence electrons. The number of nitrogens with zero attached hydrogens (tertiary/aromatic N) is 1. The lowest BCUT2D eigenvalue weighted by atomic mass is 9.92. The third-order valence-electron chi connectivity index (χ3n) is 5.09. The summed E-state index contributed by atoms with van der Waals surface area (Å²) in [4.78, 5) is 16.6. The van der Waals surface area contributed by atoms with Crippen molar-refractivity contribution in [1.82, 2.24) is 10.3 Å². The molecule has 0 saturated heterocycles. The Morgan fingerprint density at radius 3 is 2.57 bits per heavy atom. The fourth-order valence-electron chi connectivity index (χ4n) is 3.58. The summed E-state index contributed by atoms with van der Waals surface area (Å²) in [5.74, 6) is -1.55. The molecular formula is C22H20F2N2O2. The van der Waals surface area contributed by atoms with Crippen molar-refractivity contribution < 1.29 is 18.3 Å². The number of carbonyl (C=O) groups excluding carboxylic acids is 1. The van der Waals surface area contributed by atoms with Gasteiger partial charge in [0.15, 0.2) is 11.6 Å². The predicted octanol–water partition coefficient (Wildman–Crippen LogP) is 4.63. The molecule has 0 bridgehead atoms. The Balaban J connectivity index is 1.34. The second-order valence-corrected chi connectivity index (χ2v) is 7.02. The van der Waals surface area contributed by atoms with Gasteiger partial charge in [0.25, 0.3) is 5.91 Å². The summed E-state index contributed by atoms with van der Waals surface area (Å²) in [6.07, 6.45) is 4.96. The highest BCUT2D eigenvalue weighted by Gasteiger charge is 2.24. The molecule has 1 aliphatic carbocycles. The van der Waals surface area contributed by atoms with Gasteiger partial charge in [0.1, 0.15) is 5.75 Å². The third-order valence-corrected chi connectivity index (χ3v) is 5.09. The number of fused-ring (bicyclic) bond motifs is 1. The van der Waals surface area contributed by atoms with Gasteiger partial charge in [0.05, 0.1) is 11.6 Å². The minimum atomic E-state index is -1.02. The van der Waals surface area contributed by atoms with E-state index in [9.17, 15) is 13.6 Å². The molecule has 1 heterocycles. The molecule has 1 aliphatic rings. The van der Waals surface area contributed by atoms with Crippen LogP contribution in [0.3, 0.4) is 0 Å². The maximum atomic E-state index is 13.3. The van der Waals surface area contributed by atoms with E-state index in [0.29, 0.717) is 0 Å². The number of para-hydroxylation sites is 1. The number of carbonyl (C=O) groups is 1. The lowest BCUT2D eigenvalue weighted by Crippen LogP contribution is -2.39. The van der Waals surface area contributed by atoms with E-state index >= 15 is 0 Å². The number of hydrogen-bond acceptors (Lipinski definition) is 3. The number of hydrogen-bond donors (Lipinski definition) is 1.